The highest BCUT2D eigenvalue weighted by Gasteiger charge is 2.34. The van der Waals surface area contributed by atoms with Gasteiger partial charge in [0.1, 0.15) is 5.75 Å². The van der Waals surface area contributed by atoms with Gasteiger partial charge in [-0.1, -0.05) is 6.92 Å². The van der Waals surface area contributed by atoms with Crippen LogP contribution < -0.4 is 10.3 Å². The van der Waals surface area contributed by atoms with Gasteiger partial charge in [0.2, 0.25) is 0 Å². The van der Waals surface area contributed by atoms with Crippen LogP contribution >= 0.6 is 0 Å². The molecule has 118 valence electrons. The molecular formula is C14H13F3N2O3. The lowest BCUT2D eigenvalue weighted by molar-refractivity contribution is -0.274. The number of hydrogen-bond acceptors (Lipinski definition) is 4. The third kappa shape index (κ3) is 2.92. The van der Waals surface area contributed by atoms with Crippen molar-refractivity contribution in [2.45, 2.75) is 19.8 Å². The number of aromatic nitrogens is 2. The first kappa shape index (κ1) is 14.8. The number of rotatable bonds is 3. The van der Waals surface area contributed by atoms with E-state index >= 15 is 0 Å². The van der Waals surface area contributed by atoms with Crippen molar-refractivity contribution >= 4 is 10.9 Å². The lowest BCUT2D eigenvalue weighted by Gasteiger charge is -2.38. The molecule has 1 aromatic carbocycles. The molecule has 0 atom stereocenters. The van der Waals surface area contributed by atoms with E-state index in [9.17, 15) is 18.0 Å². The summed E-state index contributed by atoms with van der Waals surface area (Å²) in [6.07, 6.45) is -3.40. The van der Waals surface area contributed by atoms with Crippen molar-refractivity contribution in [3.63, 3.8) is 0 Å². The van der Waals surface area contributed by atoms with E-state index in [4.69, 9.17) is 4.74 Å². The summed E-state index contributed by atoms with van der Waals surface area (Å²) in [5.41, 5.74) is -0.226. The standard InChI is InChI=1S/C14H13F3N2O3/c1-13(6-21-7-13)5-19-8-18-11-3-2-9(22-14(15,16)17)4-10(11)12(19)20/h2-4,8H,5-7H2,1H3. The van der Waals surface area contributed by atoms with Crippen LogP contribution in [0, 0.1) is 5.41 Å². The fourth-order valence-corrected chi connectivity index (χ4v) is 2.40. The fourth-order valence-electron chi connectivity index (χ4n) is 2.40. The van der Waals surface area contributed by atoms with Crippen LogP contribution in [0.2, 0.25) is 0 Å². The average molecular weight is 314 g/mol. The summed E-state index contributed by atoms with van der Waals surface area (Å²) in [6.45, 7) is 3.44. The summed E-state index contributed by atoms with van der Waals surface area (Å²) >= 11 is 0. The zero-order chi connectivity index (χ0) is 16.0. The number of nitrogens with zero attached hydrogens (tertiary/aromatic N) is 2. The highest BCUT2D eigenvalue weighted by atomic mass is 19.4. The molecule has 22 heavy (non-hydrogen) atoms. The Morgan fingerprint density at radius 2 is 2.14 bits per heavy atom. The molecule has 1 aromatic heterocycles. The molecule has 3 rings (SSSR count). The van der Waals surface area contributed by atoms with E-state index in [1.807, 2.05) is 6.92 Å². The molecule has 0 radical (unpaired) electrons. The van der Waals surface area contributed by atoms with Crippen LogP contribution in [0.5, 0.6) is 5.75 Å². The summed E-state index contributed by atoms with van der Waals surface area (Å²) < 4.78 is 47.1. The molecule has 0 aliphatic carbocycles. The van der Waals surface area contributed by atoms with Crippen LogP contribution in [-0.2, 0) is 11.3 Å². The van der Waals surface area contributed by atoms with Crippen molar-refractivity contribution < 1.29 is 22.6 Å². The number of alkyl halides is 3. The third-order valence-corrected chi connectivity index (χ3v) is 3.48. The van der Waals surface area contributed by atoms with E-state index in [1.54, 1.807) is 0 Å². The second kappa shape index (κ2) is 4.98. The van der Waals surface area contributed by atoms with Crippen molar-refractivity contribution in [3.05, 3.63) is 34.9 Å². The molecular weight excluding hydrogens is 301 g/mol. The maximum atomic E-state index is 12.4. The van der Waals surface area contributed by atoms with Gasteiger partial charge in [0, 0.05) is 12.0 Å². The lowest BCUT2D eigenvalue weighted by Crippen LogP contribution is -2.45. The first-order valence-corrected chi connectivity index (χ1v) is 6.59. The highest BCUT2D eigenvalue weighted by molar-refractivity contribution is 5.78. The van der Waals surface area contributed by atoms with Crippen molar-refractivity contribution in [3.8, 4) is 5.75 Å². The van der Waals surface area contributed by atoms with Gasteiger partial charge in [-0.2, -0.15) is 0 Å². The van der Waals surface area contributed by atoms with Crippen molar-refractivity contribution in [2.24, 2.45) is 5.41 Å². The van der Waals surface area contributed by atoms with Gasteiger partial charge < -0.3 is 9.47 Å². The minimum atomic E-state index is -4.80. The van der Waals surface area contributed by atoms with E-state index in [0.29, 0.717) is 25.3 Å². The molecule has 0 spiro atoms. The molecule has 0 saturated carbocycles. The average Bonchev–Trinajstić information content (AvgIpc) is 2.39. The quantitative estimate of drug-likeness (QED) is 0.872. The molecule has 1 fully saturated rings. The molecule has 0 bridgehead atoms. The van der Waals surface area contributed by atoms with Gasteiger partial charge in [0.25, 0.3) is 5.56 Å². The van der Waals surface area contributed by atoms with Gasteiger partial charge in [-0.3, -0.25) is 9.36 Å². The maximum absolute atomic E-state index is 12.4. The number of halogens is 3. The minimum Gasteiger partial charge on any atom is -0.406 e. The van der Waals surface area contributed by atoms with Gasteiger partial charge in [0.15, 0.2) is 0 Å². The molecule has 8 heteroatoms. The molecule has 2 aromatic rings. The lowest BCUT2D eigenvalue weighted by atomic mass is 9.88. The zero-order valence-electron chi connectivity index (χ0n) is 11.7. The van der Waals surface area contributed by atoms with Crippen molar-refractivity contribution in [2.75, 3.05) is 13.2 Å². The Morgan fingerprint density at radius 3 is 2.73 bits per heavy atom. The third-order valence-electron chi connectivity index (χ3n) is 3.48. The Hall–Kier alpha value is -2.09. The second-order valence-corrected chi connectivity index (χ2v) is 5.71. The monoisotopic (exact) mass is 314 g/mol. The Bertz CT molecular complexity index is 766. The zero-order valence-corrected chi connectivity index (χ0v) is 11.7. The fraction of sp³-hybridized carbons (Fsp3) is 0.429. The molecule has 2 heterocycles. The Labute approximate surface area is 123 Å². The van der Waals surface area contributed by atoms with E-state index in [-0.39, 0.29) is 10.8 Å². The largest absolute Gasteiger partial charge is 0.573 e. The van der Waals surface area contributed by atoms with Crippen molar-refractivity contribution in [1.29, 1.82) is 0 Å². The maximum Gasteiger partial charge on any atom is 0.573 e. The summed E-state index contributed by atoms with van der Waals surface area (Å²) in [6, 6.07) is 3.53. The van der Waals surface area contributed by atoms with Gasteiger partial charge in [0.05, 0.1) is 30.4 Å². The summed E-state index contributed by atoms with van der Waals surface area (Å²) in [7, 11) is 0. The molecule has 1 saturated heterocycles. The topological polar surface area (TPSA) is 53.4 Å². The van der Waals surface area contributed by atoms with Gasteiger partial charge in [-0.25, -0.2) is 4.98 Å². The molecule has 1 aliphatic rings. The SMILES string of the molecule is CC1(Cn2cnc3ccc(OC(F)(F)F)cc3c2=O)COC1. The van der Waals surface area contributed by atoms with Crippen LogP contribution in [0.1, 0.15) is 6.92 Å². The summed E-state index contributed by atoms with van der Waals surface area (Å²) in [5.74, 6) is -0.435. The van der Waals surface area contributed by atoms with E-state index in [0.717, 1.165) is 12.1 Å². The predicted molar refractivity (Wildman–Crippen MR) is 71.6 cm³/mol. The number of ether oxygens (including phenoxy) is 2. The Kier molecular flexibility index (Phi) is 3.36. The van der Waals surface area contributed by atoms with E-state index in [2.05, 4.69) is 9.72 Å². The predicted octanol–water partition coefficient (Wildman–Crippen LogP) is 2.33. The molecule has 0 N–H and O–H groups in total. The normalized spacial score (nSPS) is 17.3. The van der Waals surface area contributed by atoms with Crippen LogP contribution in [0.3, 0.4) is 0 Å². The Balaban J connectivity index is 1.99. The van der Waals surface area contributed by atoms with Crippen LogP contribution in [-0.4, -0.2) is 29.1 Å². The molecule has 0 unspecified atom stereocenters. The first-order chi connectivity index (χ1) is 10.3. The number of fused-ring (bicyclic) bond motifs is 1. The summed E-state index contributed by atoms with van der Waals surface area (Å²) in [5, 5.41) is 0.0908. The number of benzene rings is 1. The van der Waals surface area contributed by atoms with E-state index < -0.39 is 17.7 Å². The first-order valence-electron chi connectivity index (χ1n) is 6.59. The van der Waals surface area contributed by atoms with Gasteiger partial charge >= 0.3 is 6.36 Å². The summed E-state index contributed by atoms with van der Waals surface area (Å²) in [4.78, 5) is 16.5. The number of hydrogen-bond donors (Lipinski definition) is 0. The molecule has 1 aliphatic heterocycles. The molecule has 5 nitrogen and oxygen atoms in total. The van der Waals surface area contributed by atoms with E-state index in [1.165, 1.54) is 17.0 Å². The smallest absolute Gasteiger partial charge is 0.406 e. The molecule has 0 amide bonds. The van der Waals surface area contributed by atoms with Crippen molar-refractivity contribution in [1.82, 2.24) is 9.55 Å². The van der Waals surface area contributed by atoms with Gasteiger partial charge in [-0.05, 0) is 18.2 Å². The second-order valence-electron chi connectivity index (χ2n) is 5.71. The van der Waals surface area contributed by atoms with Gasteiger partial charge in [-0.15, -0.1) is 13.2 Å². The van der Waals surface area contributed by atoms with Crippen LogP contribution in [0.4, 0.5) is 13.2 Å². The van der Waals surface area contributed by atoms with Crippen LogP contribution in [0.25, 0.3) is 10.9 Å². The van der Waals surface area contributed by atoms with Crippen LogP contribution in [0.15, 0.2) is 29.3 Å². The highest BCUT2D eigenvalue weighted by Crippen LogP contribution is 2.28. The Morgan fingerprint density at radius 1 is 1.41 bits per heavy atom. The minimum absolute atomic E-state index is 0.0908.